The van der Waals surface area contributed by atoms with Gasteiger partial charge in [-0.2, -0.15) is 0 Å². The molecule has 0 spiro atoms. The van der Waals surface area contributed by atoms with Gasteiger partial charge in [-0.15, -0.1) is 0 Å². The zero-order valence-electron chi connectivity index (χ0n) is 17.5. The fraction of sp³-hybridized carbons (Fsp3) is 0.458. The molecule has 3 heterocycles. The monoisotopic (exact) mass is 485 g/mol. The van der Waals surface area contributed by atoms with E-state index >= 15 is 0 Å². The summed E-state index contributed by atoms with van der Waals surface area (Å²) in [5, 5.41) is 12.7. The fourth-order valence-electron chi connectivity index (χ4n) is 4.59. The Morgan fingerprint density at radius 2 is 2.16 bits per heavy atom. The van der Waals surface area contributed by atoms with Crippen LogP contribution in [0.4, 0.5) is 5.82 Å². The zero-order valence-corrected chi connectivity index (χ0v) is 19.1. The summed E-state index contributed by atoms with van der Waals surface area (Å²) in [6, 6.07) is 11.7. The van der Waals surface area contributed by atoms with Crippen LogP contribution in [0.15, 0.2) is 40.9 Å². The number of aryl methyl sites for hydroxylation is 2. The molecule has 2 aromatic rings. The highest BCUT2D eigenvalue weighted by atomic mass is 79.9. The molecule has 7 heteroatoms. The first kappa shape index (κ1) is 21.8. The van der Waals surface area contributed by atoms with Crippen molar-refractivity contribution in [1.82, 2.24) is 9.88 Å². The minimum Gasteiger partial charge on any atom is -0.481 e. The van der Waals surface area contributed by atoms with Gasteiger partial charge in [-0.3, -0.25) is 9.59 Å². The van der Waals surface area contributed by atoms with E-state index in [1.54, 1.807) is 0 Å². The Bertz CT molecular complexity index is 965. The summed E-state index contributed by atoms with van der Waals surface area (Å²) < 4.78 is 0.847. The molecule has 1 fully saturated rings. The molecule has 0 aliphatic carbocycles. The number of hydrogen-bond acceptors (Lipinski definition) is 4. The number of benzene rings is 1. The molecule has 1 saturated heterocycles. The van der Waals surface area contributed by atoms with Crippen molar-refractivity contribution in [3.05, 3.63) is 57.7 Å². The van der Waals surface area contributed by atoms with Crippen LogP contribution >= 0.6 is 15.9 Å². The number of amides is 1. The predicted octanol–water partition coefficient (Wildman–Crippen LogP) is 4.24. The molecule has 0 bridgehead atoms. The van der Waals surface area contributed by atoms with Gasteiger partial charge in [0.05, 0.1) is 12.3 Å². The van der Waals surface area contributed by atoms with Gasteiger partial charge in [0.15, 0.2) is 0 Å². The number of aromatic nitrogens is 1. The number of carboxylic acids is 1. The predicted molar refractivity (Wildman–Crippen MR) is 123 cm³/mol. The second kappa shape index (κ2) is 9.81. The molecule has 4 rings (SSSR count). The van der Waals surface area contributed by atoms with E-state index in [9.17, 15) is 14.7 Å². The molecule has 2 aliphatic rings. The van der Waals surface area contributed by atoms with E-state index in [2.05, 4.69) is 33.4 Å². The molecule has 1 amide bonds. The first-order valence-corrected chi connectivity index (χ1v) is 11.8. The molecule has 2 atom stereocenters. The maximum Gasteiger partial charge on any atom is 0.304 e. The number of carbonyl (C=O) groups excluding carboxylic acids is 1. The molecule has 31 heavy (non-hydrogen) atoms. The molecule has 0 saturated carbocycles. The maximum atomic E-state index is 13.2. The third-order valence-corrected chi connectivity index (χ3v) is 6.78. The van der Waals surface area contributed by atoms with Crippen LogP contribution in [0, 0.1) is 5.92 Å². The SMILES string of the molecule is O=C(O)C[C@@H](C(=O)N1CC[C@@H](CCc2ccc3c(n2)NCCC3)C1)c1cccc(Br)c1. The fourth-order valence-corrected chi connectivity index (χ4v) is 5.01. The summed E-state index contributed by atoms with van der Waals surface area (Å²) in [6.45, 7) is 2.36. The Kier molecular flexibility index (Phi) is 6.90. The Labute approximate surface area is 191 Å². The van der Waals surface area contributed by atoms with E-state index < -0.39 is 11.9 Å². The van der Waals surface area contributed by atoms with Crippen molar-refractivity contribution in [2.75, 3.05) is 25.0 Å². The quantitative estimate of drug-likeness (QED) is 0.612. The third kappa shape index (κ3) is 5.45. The number of nitrogens with zero attached hydrogens (tertiary/aromatic N) is 2. The number of pyridine rings is 1. The Morgan fingerprint density at radius 1 is 1.29 bits per heavy atom. The van der Waals surface area contributed by atoms with Gasteiger partial charge in [0.25, 0.3) is 0 Å². The molecular weight excluding hydrogens is 458 g/mol. The van der Waals surface area contributed by atoms with Gasteiger partial charge in [-0.05, 0) is 67.3 Å². The lowest BCUT2D eigenvalue weighted by atomic mass is 9.94. The molecule has 1 aromatic carbocycles. The van der Waals surface area contributed by atoms with Crippen molar-refractivity contribution in [2.24, 2.45) is 5.92 Å². The summed E-state index contributed by atoms with van der Waals surface area (Å²) in [6.07, 6.45) is 4.88. The van der Waals surface area contributed by atoms with E-state index in [4.69, 9.17) is 4.98 Å². The molecule has 2 N–H and O–H groups in total. The first-order valence-electron chi connectivity index (χ1n) is 11.0. The van der Waals surface area contributed by atoms with Crippen LogP contribution in [0.2, 0.25) is 0 Å². The lowest BCUT2D eigenvalue weighted by Gasteiger charge is -2.23. The number of carboxylic acid groups (broad SMARTS) is 1. The summed E-state index contributed by atoms with van der Waals surface area (Å²) in [7, 11) is 0. The molecule has 6 nitrogen and oxygen atoms in total. The molecule has 0 radical (unpaired) electrons. The molecule has 1 aromatic heterocycles. The van der Waals surface area contributed by atoms with Crippen LogP contribution in [0.3, 0.4) is 0 Å². The van der Waals surface area contributed by atoms with Crippen LogP contribution in [0.5, 0.6) is 0 Å². The van der Waals surface area contributed by atoms with E-state index in [1.165, 1.54) is 5.56 Å². The summed E-state index contributed by atoms with van der Waals surface area (Å²) in [5.41, 5.74) is 3.14. The van der Waals surface area contributed by atoms with Crippen LogP contribution in [0.25, 0.3) is 0 Å². The topological polar surface area (TPSA) is 82.5 Å². The Morgan fingerprint density at radius 3 is 2.97 bits per heavy atom. The number of halogens is 1. The second-order valence-corrected chi connectivity index (χ2v) is 9.44. The van der Waals surface area contributed by atoms with E-state index in [0.717, 1.165) is 60.2 Å². The average molecular weight is 486 g/mol. The highest BCUT2D eigenvalue weighted by Crippen LogP contribution is 2.29. The second-order valence-electron chi connectivity index (χ2n) is 8.52. The van der Waals surface area contributed by atoms with Gasteiger partial charge in [0, 0.05) is 29.8 Å². The van der Waals surface area contributed by atoms with Crippen molar-refractivity contribution in [3.8, 4) is 0 Å². The standard InChI is InChI=1S/C24H28BrN3O3/c25-19-5-1-3-18(13-19)21(14-22(29)30)24(31)28-12-10-16(15-28)6-8-20-9-7-17-4-2-11-26-23(17)27-20/h1,3,5,7,9,13,16,21H,2,4,6,8,10-12,14-15H2,(H,26,27)(H,29,30)/t16-,21-/m1/s1. The van der Waals surface area contributed by atoms with Gasteiger partial charge in [-0.25, -0.2) is 4.98 Å². The normalized spacial score (nSPS) is 18.9. The molecule has 0 unspecified atom stereocenters. The third-order valence-electron chi connectivity index (χ3n) is 6.29. The number of anilines is 1. The minimum absolute atomic E-state index is 0.0842. The highest BCUT2D eigenvalue weighted by Gasteiger charge is 2.33. The van der Waals surface area contributed by atoms with Crippen molar-refractivity contribution >= 4 is 33.6 Å². The van der Waals surface area contributed by atoms with E-state index in [-0.39, 0.29) is 12.3 Å². The Balaban J connectivity index is 1.36. The lowest BCUT2D eigenvalue weighted by molar-refractivity contribution is -0.141. The van der Waals surface area contributed by atoms with Gasteiger partial charge in [-0.1, -0.05) is 34.1 Å². The number of hydrogen-bond donors (Lipinski definition) is 2. The highest BCUT2D eigenvalue weighted by molar-refractivity contribution is 9.10. The largest absolute Gasteiger partial charge is 0.481 e. The minimum atomic E-state index is -0.957. The number of nitrogens with one attached hydrogen (secondary N) is 1. The number of aliphatic carboxylic acids is 1. The van der Waals surface area contributed by atoms with Crippen molar-refractivity contribution in [3.63, 3.8) is 0 Å². The number of rotatable bonds is 7. The van der Waals surface area contributed by atoms with Crippen LogP contribution < -0.4 is 5.32 Å². The number of carbonyl (C=O) groups is 2. The van der Waals surface area contributed by atoms with Gasteiger partial charge in [0.1, 0.15) is 5.82 Å². The van der Waals surface area contributed by atoms with Gasteiger partial charge >= 0.3 is 5.97 Å². The van der Waals surface area contributed by atoms with Crippen molar-refractivity contribution in [1.29, 1.82) is 0 Å². The summed E-state index contributed by atoms with van der Waals surface area (Å²) in [4.78, 5) is 31.2. The van der Waals surface area contributed by atoms with Gasteiger partial charge in [0.2, 0.25) is 5.91 Å². The summed E-state index contributed by atoms with van der Waals surface area (Å²) >= 11 is 3.42. The first-order chi connectivity index (χ1) is 15.0. The number of likely N-dealkylation sites (tertiary alicyclic amines) is 1. The Hall–Kier alpha value is -2.41. The van der Waals surface area contributed by atoms with Crippen LogP contribution in [-0.4, -0.2) is 46.5 Å². The lowest BCUT2D eigenvalue weighted by Crippen LogP contribution is -2.34. The van der Waals surface area contributed by atoms with Crippen molar-refractivity contribution < 1.29 is 14.7 Å². The maximum absolute atomic E-state index is 13.2. The van der Waals surface area contributed by atoms with Crippen LogP contribution in [0.1, 0.15) is 48.4 Å². The molecule has 2 aliphatic heterocycles. The zero-order chi connectivity index (χ0) is 21.8. The van der Waals surface area contributed by atoms with Crippen LogP contribution in [-0.2, 0) is 22.4 Å². The molecular formula is C24H28BrN3O3. The van der Waals surface area contributed by atoms with Crippen molar-refractivity contribution in [2.45, 2.75) is 44.4 Å². The van der Waals surface area contributed by atoms with Gasteiger partial charge < -0.3 is 15.3 Å². The average Bonchev–Trinajstić information content (AvgIpc) is 3.24. The smallest absolute Gasteiger partial charge is 0.304 e. The van der Waals surface area contributed by atoms with E-state index in [1.807, 2.05) is 29.2 Å². The molecule has 164 valence electrons. The number of fused-ring (bicyclic) bond motifs is 1. The van der Waals surface area contributed by atoms with E-state index in [0.29, 0.717) is 19.0 Å². The summed E-state index contributed by atoms with van der Waals surface area (Å²) in [5.74, 6) is -0.248.